The number of nitrogens with two attached hydrogens (primary N) is 1. The van der Waals surface area contributed by atoms with Gasteiger partial charge >= 0.3 is 5.97 Å². The number of hydrogen-bond acceptors (Lipinski definition) is 8. The Morgan fingerprint density at radius 1 is 1.26 bits per heavy atom. The topological polar surface area (TPSA) is 124 Å². The van der Waals surface area contributed by atoms with Crippen LogP contribution in [0.1, 0.15) is 20.8 Å². The average molecular weight is 406 g/mol. The quantitative estimate of drug-likeness (QED) is 0.601. The van der Waals surface area contributed by atoms with Crippen LogP contribution in [0.15, 0.2) is 35.5 Å². The van der Waals surface area contributed by atoms with Crippen molar-refractivity contribution in [3.8, 4) is 0 Å². The highest BCUT2D eigenvalue weighted by Gasteiger charge is 2.19. The molecule has 2 aromatic heterocycles. The number of esters is 1. The number of nitrogens with zero attached hydrogens (tertiary/aromatic N) is 2. The van der Waals surface area contributed by atoms with E-state index in [1.165, 1.54) is 36.9 Å². The maximum atomic E-state index is 11.9. The van der Waals surface area contributed by atoms with E-state index in [1.807, 2.05) is 6.92 Å². The summed E-state index contributed by atoms with van der Waals surface area (Å²) in [7, 11) is -2.34. The minimum Gasteiger partial charge on any atom is -0.465 e. The second kappa shape index (κ2) is 7.59. The Balaban J connectivity index is 1.76. The van der Waals surface area contributed by atoms with Crippen molar-refractivity contribution in [1.29, 1.82) is 0 Å². The Labute approximate surface area is 160 Å². The number of benzene rings is 1. The molecule has 0 atom stereocenters. The smallest absolute Gasteiger partial charge is 0.348 e. The molecule has 0 saturated carbocycles. The second-order valence-electron chi connectivity index (χ2n) is 5.82. The summed E-state index contributed by atoms with van der Waals surface area (Å²) in [5.41, 5.74) is 1.74. The van der Waals surface area contributed by atoms with Gasteiger partial charge in [-0.3, -0.25) is 0 Å². The number of nitrogens with one attached hydrogen (secondary N) is 1. The van der Waals surface area contributed by atoms with E-state index in [-0.39, 0.29) is 4.90 Å². The number of methoxy groups -OCH3 is 1. The molecule has 0 radical (unpaired) electrons. The molecule has 3 aromatic rings. The molecule has 3 rings (SSSR count). The Kier molecular flexibility index (Phi) is 5.40. The Morgan fingerprint density at radius 3 is 2.59 bits per heavy atom. The first-order chi connectivity index (χ1) is 12.8. The standard InChI is InChI=1S/C17H18N4O4S2/c1-10-13-15(20-9-21-16(13)26-14(10)17(22)25-2)19-8-7-11-3-5-12(6-4-11)27(18,23)24/h3-6,9H,7-8H2,1-2H3,(H2,18,23,24)(H,19,20,21). The van der Waals surface area contributed by atoms with Crippen LogP contribution in [0, 0.1) is 6.92 Å². The molecule has 0 amide bonds. The van der Waals surface area contributed by atoms with Crippen LogP contribution in [-0.2, 0) is 21.2 Å². The molecular formula is C17H18N4O4S2. The molecule has 0 aliphatic carbocycles. The SMILES string of the molecule is COC(=O)c1sc2ncnc(NCCc3ccc(S(N)(=O)=O)cc3)c2c1C. The number of ether oxygens (including phenoxy) is 1. The van der Waals surface area contributed by atoms with Gasteiger partial charge in [0.25, 0.3) is 0 Å². The number of sulfonamides is 1. The van der Waals surface area contributed by atoms with Gasteiger partial charge in [-0.1, -0.05) is 12.1 Å². The number of fused-ring (bicyclic) bond motifs is 1. The monoisotopic (exact) mass is 406 g/mol. The van der Waals surface area contributed by atoms with Gasteiger partial charge in [0.05, 0.1) is 17.4 Å². The molecule has 27 heavy (non-hydrogen) atoms. The molecule has 2 heterocycles. The number of anilines is 1. The molecule has 8 nitrogen and oxygen atoms in total. The van der Waals surface area contributed by atoms with E-state index >= 15 is 0 Å². The molecular weight excluding hydrogens is 388 g/mol. The lowest BCUT2D eigenvalue weighted by Gasteiger charge is -2.08. The number of rotatable bonds is 6. The van der Waals surface area contributed by atoms with E-state index in [2.05, 4.69) is 15.3 Å². The molecule has 1 aromatic carbocycles. The van der Waals surface area contributed by atoms with Crippen LogP contribution in [0.5, 0.6) is 0 Å². The number of carbonyl (C=O) groups is 1. The van der Waals surface area contributed by atoms with Crippen molar-refractivity contribution in [2.45, 2.75) is 18.2 Å². The van der Waals surface area contributed by atoms with Crippen LogP contribution < -0.4 is 10.5 Å². The molecule has 142 valence electrons. The van der Waals surface area contributed by atoms with Gasteiger partial charge < -0.3 is 10.1 Å². The number of thiophene rings is 1. The summed E-state index contributed by atoms with van der Waals surface area (Å²) in [5, 5.41) is 9.15. The van der Waals surface area contributed by atoms with Crippen molar-refractivity contribution in [2.24, 2.45) is 5.14 Å². The highest BCUT2D eigenvalue weighted by molar-refractivity contribution is 7.89. The lowest BCUT2D eigenvalue weighted by molar-refractivity contribution is 0.0605. The maximum Gasteiger partial charge on any atom is 0.348 e. The first kappa shape index (κ1) is 19.2. The van der Waals surface area contributed by atoms with Crippen LogP contribution in [-0.4, -0.2) is 38.0 Å². The molecule has 0 spiro atoms. The normalized spacial score (nSPS) is 11.5. The van der Waals surface area contributed by atoms with Crippen LogP contribution in [0.4, 0.5) is 5.82 Å². The van der Waals surface area contributed by atoms with Crippen molar-refractivity contribution >= 4 is 43.4 Å². The summed E-state index contributed by atoms with van der Waals surface area (Å²) in [6, 6.07) is 6.42. The zero-order valence-corrected chi connectivity index (χ0v) is 16.4. The average Bonchev–Trinajstić information content (AvgIpc) is 2.98. The number of primary sulfonamides is 1. The predicted molar refractivity (Wildman–Crippen MR) is 104 cm³/mol. The lowest BCUT2D eigenvalue weighted by atomic mass is 10.1. The van der Waals surface area contributed by atoms with Crippen molar-refractivity contribution in [3.05, 3.63) is 46.6 Å². The summed E-state index contributed by atoms with van der Waals surface area (Å²) in [4.78, 5) is 21.7. The van der Waals surface area contributed by atoms with Gasteiger partial charge in [-0.2, -0.15) is 0 Å². The summed E-state index contributed by atoms with van der Waals surface area (Å²) in [6.45, 7) is 2.41. The zero-order chi connectivity index (χ0) is 19.6. The van der Waals surface area contributed by atoms with E-state index in [1.54, 1.807) is 12.1 Å². The van der Waals surface area contributed by atoms with Gasteiger partial charge in [0.1, 0.15) is 21.9 Å². The first-order valence-electron chi connectivity index (χ1n) is 7.99. The van der Waals surface area contributed by atoms with Crippen LogP contribution in [0.2, 0.25) is 0 Å². The molecule has 0 unspecified atom stereocenters. The molecule has 0 bridgehead atoms. The number of carbonyl (C=O) groups excluding carboxylic acids is 1. The summed E-state index contributed by atoms with van der Waals surface area (Å²) >= 11 is 1.27. The highest BCUT2D eigenvalue weighted by Crippen LogP contribution is 2.33. The van der Waals surface area contributed by atoms with Crippen LogP contribution in [0.25, 0.3) is 10.2 Å². The van der Waals surface area contributed by atoms with Crippen molar-refractivity contribution in [2.75, 3.05) is 19.0 Å². The van der Waals surface area contributed by atoms with Crippen LogP contribution >= 0.6 is 11.3 Å². The number of aromatic nitrogens is 2. The van der Waals surface area contributed by atoms with E-state index in [4.69, 9.17) is 9.88 Å². The molecule has 0 aliphatic heterocycles. The van der Waals surface area contributed by atoms with Gasteiger partial charge in [0, 0.05) is 6.54 Å². The van der Waals surface area contributed by atoms with E-state index in [9.17, 15) is 13.2 Å². The van der Waals surface area contributed by atoms with E-state index in [0.29, 0.717) is 28.5 Å². The molecule has 3 N–H and O–H groups in total. The Bertz CT molecular complexity index is 1090. The van der Waals surface area contributed by atoms with Crippen molar-refractivity contribution < 1.29 is 17.9 Å². The fourth-order valence-electron chi connectivity index (χ4n) is 2.66. The van der Waals surface area contributed by atoms with Crippen molar-refractivity contribution in [1.82, 2.24) is 9.97 Å². The molecule has 10 heteroatoms. The first-order valence-corrected chi connectivity index (χ1v) is 10.4. The second-order valence-corrected chi connectivity index (χ2v) is 8.38. The van der Waals surface area contributed by atoms with Gasteiger partial charge in [0.2, 0.25) is 10.0 Å². The van der Waals surface area contributed by atoms with Crippen molar-refractivity contribution in [3.63, 3.8) is 0 Å². The molecule has 0 saturated heterocycles. The highest BCUT2D eigenvalue weighted by atomic mass is 32.2. The summed E-state index contributed by atoms with van der Waals surface area (Å²) in [6.07, 6.45) is 2.10. The zero-order valence-electron chi connectivity index (χ0n) is 14.7. The number of hydrogen-bond donors (Lipinski definition) is 2. The minimum atomic E-state index is -3.69. The minimum absolute atomic E-state index is 0.0842. The number of aryl methyl sites for hydroxylation is 1. The maximum absolute atomic E-state index is 11.9. The third kappa shape index (κ3) is 4.07. The van der Waals surface area contributed by atoms with Gasteiger partial charge in [-0.15, -0.1) is 11.3 Å². The lowest BCUT2D eigenvalue weighted by Crippen LogP contribution is -2.12. The summed E-state index contributed by atoms with van der Waals surface area (Å²) < 4.78 is 27.4. The van der Waals surface area contributed by atoms with Gasteiger partial charge in [0.15, 0.2) is 0 Å². The Hall–Kier alpha value is -2.56. The molecule has 0 fully saturated rings. The van der Waals surface area contributed by atoms with Gasteiger partial charge in [-0.05, 0) is 36.6 Å². The fourth-order valence-corrected chi connectivity index (χ4v) is 4.25. The molecule has 0 aliphatic rings. The summed E-state index contributed by atoms with van der Waals surface area (Å²) in [5.74, 6) is 0.251. The van der Waals surface area contributed by atoms with E-state index < -0.39 is 16.0 Å². The largest absolute Gasteiger partial charge is 0.465 e. The Morgan fingerprint density at radius 2 is 1.96 bits per heavy atom. The fraction of sp³-hybridized carbons (Fsp3) is 0.235. The predicted octanol–water partition coefficient (Wildman–Crippen LogP) is 2.09. The third-order valence-corrected chi connectivity index (χ3v) is 6.16. The third-order valence-electron chi connectivity index (χ3n) is 4.06. The van der Waals surface area contributed by atoms with Crippen LogP contribution in [0.3, 0.4) is 0 Å². The van der Waals surface area contributed by atoms with E-state index in [0.717, 1.165) is 16.5 Å². The van der Waals surface area contributed by atoms with Gasteiger partial charge in [-0.25, -0.2) is 28.3 Å².